The maximum atomic E-state index is 13.0. The molecule has 0 saturated carbocycles. The Morgan fingerprint density at radius 2 is 1.96 bits per heavy atom. The van der Waals surface area contributed by atoms with Crippen molar-refractivity contribution in [3.63, 3.8) is 0 Å². The van der Waals surface area contributed by atoms with Crippen molar-refractivity contribution in [1.29, 1.82) is 0 Å². The predicted octanol–water partition coefficient (Wildman–Crippen LogP) is 1.59. The Morgan fingerprint density at radius 3 is 2.62 bits per heavy atom. The summed E-state index contributed by atoms with van der Waals surface area (Å²) in [6, 6.07) is 3.65. The largest absolute Gasteiger partial charge is 0.396 e. The van der Waals surface area contributed by atoms with Crippen LogP contribution in [0.1, 0.15) is 24.2 Å². The Labute approximate surface area is 159 Å². The van der Waals surface area contributed by atoms with Gasteiger partial charge in [-0.25, -0.2) is 4.98 Å². The van der Waals surface area contributed by atoms with Crippen molar-refractivity contribution in [1.82, 2.24) is 14.8 Å². The average Bonchev–Trinajstić information content (AvgIpc) is 3.03. The van der Waals surface area contributed by atoms with Crippen molar-refractivity contribution in [2.45, 2.75) is 31.1 Å². The zero-order valence-corrected chi connectivity index (χ0v) is 16.6. The first-order chi connectivity index (χ1) is 12.5. The number of morpholine rings is 1. The van der Waals surface area contributed by atoms with E-state index in [1.54, 1.807) is 12.3 Å². The van der Waals surface area contributed by atoms with E-state index in [1.165, 1.54) is 11.8 Å². The first kappa shape index (κ1) is 19.6. The zero-order chi connectivity index (χ0) is 18.7. The molecule has 2 aliphatic heterocycles. The van der Waals surface area contributed by atoms with Crippen LogP contribution in [0.3, 0.4) is 0 Å². The van der Waals surface area contributed by atoms with Crippen LogP contribution in [0.4, 0.5) is 0 Å². The second-order valence-electron chi connectivity index (χ2n) is 7.45. The third kappa shape index (κ3) is 4.39. The minimum absolute atomic E-state index is 0.0205. The van der Waals surface area contributed by atoms with E-state index in [1.807, 2.05) is 17.2 Å². The van der Waals surface area contributed by atoms with Crippen molar-refractivity contribution in [3.8, 4) is 0 Å². The van der Waals surface area contributed by atoms with Crippen molar-refractivity contribution < 1.29 is 14.6 Å². The van der Waals surface area contributed by atoms with Crippen molar-refractivity contribution in [2.24, 2.45) is 11.8 Å². The number of amides is 1. The molecule has 0 aliphatic carbocycles. The molecule has 0 bridgehead atoms. The summed E-state index contributed by atoms with van der Waals surface area (Å²) in [5, 5.41) is 10.6. The van der Waals surface area contributed by atoms with Crippen LogP contribution in [0.5, 0.6) is 0 Å². The van der Waals surface area contributed by atoms with Gasteiger partial charge in [-0.1, -0.05) is 0 Å². The molecule has 4 unspecified atom stereocenters. The number of carbonyl (C=O) groups excluding carboxylic acids is 1. The molecule has 2 aliphatic rings. The SMILES string of the molecule is CSc1ncccc1C(=O)N1CC(CO)C(CN2CC(C)OC(C)C2)C1. The highest BCUT2D eigenvalue weighted by Gasteiger charge is 2.37. The molecule has 0 spiro atoms. The fraction of sp³-hybridized carbons (Fsp3) is 0.684. The highest BCUT2D eigenvalue weighted by Crippen LogP contribution is 2.28. The fourth-order valence-corrected chi connectivity index (χ4v) is 4.71. The maximum Gasteiger partial charge on any atom is 0.256 e. The second-order valence-corrected chi connectivity index (χ2v) is 8.24. The van der Waals surface area contributed by atoms with Crippen LogP contribution in [0, 0.1) is 11.8 Å². The van der Waals surface area contributed by atoms with E-state index in [4.69, 9.17) is 4.74 Å². The van der Waals surface area contributed by atoms with E-state index in [2.05, 4.69) is 23.7 Å². The summed E-state index contributed by atoms with van der Waals surface area (Å²) >= 11 is 1.49. The molecule has 3 heterocycles. The summed E-state index contributed by atoms with van der Waals surface area (Å²) in [5.74, 6) is 0.435. The van der Waals surface area contributed by atoms with Crippen LogP contribution >= 0.6 is 11.8 Å². The van der Waals surface area contributed by atoms with Gasteiger partial charge in [-0.2, -0.15) is 0 Å². The molecule has 2 fully saturated rings. The third-order valence-electron chi connectivity index (χ3n) is 5.28. The topological polar surface area (TPSA) is 65.9 Å². The lowest BCUT2D eigenvalue weighted by molar-refractivity contribution is -0.0726. The quantitative estimate of drug-likeness (QED) is 0.784. The first-order valence-corrected chi connectivity index (χ1v) is 10.5. The smallest absolute Gasteiger partial charge is 0.256 e. The Balaban J connectivity index is 1.67. The number of hydrogen-bond donors (Lipinski definition) is 1. The Hall–Kier alpha value is -1.15. The van der Waals surface area contributed by atoms with Crippen LogP contribution in [0.2, 0.25) is 0 Å². The fourth-order valence-electron chi connectivity index (χ4n) is 4.17. The van der Waals surface area contributed by atoms with Crippen LogP contribution in [-0.2, 0) is 4.74 Å². The van der Waals surface area contributed by atoms with Gasteiger partial charge in [0, 0.05) is 51.4 Å². The summed E-state index contributed by atoms with van der Waals surface area (Å²) in [6.45, 7) is 8.33. The minimum atomic E-state index is 0.0205. The summed E-state index contributed by atoms with van der Waals surface area (Å²) < 4.78 is 5.81. The molecule has 1 aromatic rings. The molecule has 2 saturated heterocycles. The van der Waals surface area contributed by atoms with Gasteiger partial charge in [0.2, 0.25) is 0 Å². The number of carbonyl (C=O) groups is 1. The lowest BCUT2D eigenvalue weighted by Crippen LogP contribution is -2.48. The molecule has 1 N–H and O–H groups in total. The van der Waals surface area contributed by atoms with E-state index in [-0.39, 0.29) is 36.6 Å². The summed E-state index contributed by atoms with van der Waals surface area (Å²) in [6.07, 6.45) is 4.10. The zero-order valence-electron chi connectivity index (χ0n) is 15.8. The number of thioether (sulfide) groups is 1. The molecule has 7 heteroatoms. The van der Waals surface area contributed by atoms with Crippen molar-refractivity contribution in [3.05, 3.63) is 23.9 Å². The average molecular weight is 380 g/mol. The number of hydrogen-bond acceptors (Lipinski definition) is 6. The molecule has 26 heavy (non-hydrogen) atoms. The van der Waals surface area contributed by atoms with Crippen molar-refractivity contribution in [2.75, 3.05) is 45.6 Å². The van der Waals surface area contributed by atoms with E-state index in [0.717, 1.165) is 24.7 Å². The number of likely N-dealkylation sites (tertiary alicyclic amines) is 1. The Bertz CT molecular complexity index is 620. The van der Waals surface area contributed by atoms with Crippen molar-refractivity contribution >= 4 is 17.7 Å². The lowest BCUT2D eigenvalue weighted by Gasteiger charge is -2.37. The van der Waals surface area contributed by atoms with Gasteiger partial charge in [-0.05, 0) is 38.2 Å². The molecule has 4 atom stereocenters. The number of pyridine rings is 1. The molecule has 144 valence electrons. The first-order valence-electron chi connectivity index (χ1n) is 9.28. The Kier molecular flexibility index (Phi) is 6.55. The third-order valence-corrected chi connectivity index (χ3v) is 5.99. The molecule has 3 rings (SSSR count). The van der Waals surface area contributed by atoms with Gasteiger partial charge in [0.1, 0.15) is 5.03 Å². The molecule has 1 aromatic heterocycles. The number of ether oxygens (including phenoxy) is 1. The highest BCUT2D eigenvalue weighted by atomic mass is 32.2. The molecular formula is C19H29N3O3S. The Morgan fingerprint density at radius 1 is 1.27 bits per heavy atom. The summed E-state index contributed by atoms with van der Waals surface area (Å²) in [7, 11) is 0. The molecule has 6 nitrogen and oxygen atoms in total. The van der Waals surface area contributed by atoms with Gasteiger partial charge in [-0.3, -0.25) is 9.69 Å². The van der Waals surface area contributed by atoms with Gasteiger partial charge in [-0.15, -0.1) is 11.8 Å². The monoisotopic (exact) mass is 379 g/mol. The highest BCUT2D eigenvalue weighted by molar-refractivity contribution is 7.98. The van der Waals surface area contributed by atoms with Crippen LogP contribution in [-0.4, -0.2) is 83.6 Å². The number of aromatic nitrogens is 1. The van der Waals surface area contributed by atoms with E-state index < -0.39 is 0 Å². The minimum Gasteiger partial charge on any atom is -0.396 e. The van der Waals surface area contributed by atoms with Gasteiger partial charge in [0.25, 0.3) is 5.91 Å². The van der Waals surface area contributed by atoms with E-state index >= 15 is 0 Å². The van der Waals surface area contributed by atoms with Gasteiger partial charge in [0.15, 0.2) is 0 Å². The normalized spacial score (nSPS) is 29.9. The second kappa shape index (κ2) is 8.69. The van der Waals surface area contributed by atoms with E-state index in [0.29, 0.717) is 18.7 Å². The summed E-state index contributed by atoms with van der Waals surface area (Å²) in [4.78, 5) is 21.6. The van der Waals surface area contributed by atoms with Gasteiger partial charge < -0.3 is 14.7 Å². The predicted molar refractivity (Wildman–Crippen MR) is 102 cm³/mol. The van der Waals surface area contributed by atoms with Gasteiger partial charge >= 0.3 is 0 Å². The molecule has 1 amide bonds. The molecule has 0 aromatic carbocycles. The maximum absolute atomic E-state index is 13.0. The molecular weight excluding hydrogens is 350 g/mol. The number of rotatable bonds is 5. The van der Waals surface area contributed by atoms with Crippen LogP contribution in [0.15, 0.2) is 23.4 Å². The van der Waals surface area contributed by atoms with Crippen LogP contribution in [0.25, 0.3) is 0 Å². The van der Waals surface area contributed by atoms with Gasteiger partial charge in [0.05, 0.1) is 17.8 Å². The summed E-state index contributed by atoms with van der Waals surface area (Å²) in [5.41, 5.74) is 0.658. The molecule has 0 radical (unpaired) electrons. The van der Waals surface area contributed by atoms with Crippen LogP contribution < -0.4 is 0 Å². The number of nitrogens with zero attached hydrogens (tertiary/aromatic N) is 3. The van der Waals surface area contributed by atoms with E-state index in [9.17, 15) is 9.90 Å². The number of aliphatic hydroxyl groups is 1. The standard InChI is InChI=1S/C19H29N3O3S/c1-13-7-21(8-14(2)25-13)9-15-10-22(11-16(15)12-23)19(24)17-5-4-6-20-18(17)26-3/h4-6,13-16,23H,7-12H2,1-3H3. The lowest BCUT2D eigenvalue weighted by atomic mass is 9.96. The number of aliphatic hydroxyl groups excluding tert-OH is 1.